The maximum absolute atomic E-state index is 11.0. The largest absolute Gasteiger partial charge is 0.481 e. The van der Waals surface area contributed by atoms with Crippen molar-refractivity contribution in [3.05, 3.63) is 47.3 Å². The predicted octanol–water partition coefficient (Wildman–Crippen LogP) is 4.01. The molecule has 0 aliphatic heterocycles. The molecule has 2 aromatic rings. The molecule has 1 heterocycles. The fourth-order valence-electron chi connectivity index (χ4n) is 1.95. The number of thiophene rings is 1. The minimum absolute atomic E-state index is 0.624. The summed E-state index contributed by atoms with van der Waals surface area (Å²) >= 11 is 1.77. The van der Waals surface area contributed by atoms with Gasteiger partial charge >= 0.3 is 5.97 Å². The molecule has 1 aromatic heterocycles. The molecule has 0 aliphatic rings. The van der Waals surface area contributed by atoms with Crippen molar-refractivity contribution in [3.63, 3.8) is 0 Å². The van der Waals surface area contributed by atoms with E-state index < -0.39 is 11.4 Å². The van der Waals surface area contributed by atoms with Crippen LogP contribution in [0.4, 0.5) is 0 Å². The Kier molecular flexibility index (Phi) is 5.15. The summed E-state index contributed by atoms with van der Waals surface area (Å²) < 4.78 is 0. The number of carboxylic acids is 1. The molecule has 1 aromatic carbocycles. The Hall–Kier alpha value is -1.65. The molecule has 0 saturated heterocycles. The molecule has 4 heteroatoms. The van der Waals surface area contributed by atoms with Gasteiger partial charge in [-0.25, -0.2) is 0 Å². The molecule has 0 unspecified atom stereocenters. The second kappa shape index (κ2) is 6.87. The molecule has 0 spiro atoms. The molecule has 0 bridgehead atoms. The minimum Gasteiger partial charge on any atom is -0.481 e. The number of carboxylic acid groups (broad SMARTS) is 1. The number of hydrogen-bond donors (Lipinski definition) is 2. The van der Waals surface area contributed by atoms with Gasteiger partial charge in [0.1, 0.15) is 0 Å². The van der Waals surface area contributed by atoms with E-state index in [9.17, 15) is 4.79 Å². The lowest BCUT2D eigenvalue weighted by Crippen LogP contribution is -2.28. The van der Waals surface area contributed by atoms with Crippen LogP contribution in [0.3, 0.4) is 0 Å². The van der Waals surface area contributed by atoms with Gasteiger partial charge < -0.3 is 10.4 Å². The first-order valence-electron chi connectivity index (χ1n) is 7.07. The number of nitrogens with one attached hydrogen (secondary N) is 1. The van der Waals surface area contributed by atoms with Crippen molar-refractivity contribution in [2.75, 3.05) is 6.54 Å². The standard InChI is InChI=1S/C17H21NO2S/c1-17(2,16(19)20)10-11-18-12-14-8-9-15(21-14)13-6-4-3-5-7-13/h3-9,18H,10-12H2,1-2H3,(H,19,20). The first kappa shape index (κ1) is 15.7. The van der Waals surface area contributed by atoms with Gasteiger partial charge in [-0.1, -0.05) is 30.3 Å². The predicted molar refractivity (Wildman–Crippen MR) is 87.5 cm³/mol. The number of benzene rings is 1. The van der Waals surface area contributed by atoms with Crippen LogP contribution >= 0.6 is 11.3 Å². The number of aliphatic carboxylic acids is 1. The average Bonchev–Trinajstić information content (AvgIpc) is 2.93. The Bertz CT molecular complexity index is 590. The Morgan fingerprint density at radius 1 is 1.19 bits per heavy atom. The number of carbonyl (C=O) groups is 1. The lowest BCUT2D eigenvalue weighted by molar-refractivity contribution is -0.147. The van der Waals surface area contributed by atoms with Gasteiger partial charge in [0.2, 0.25) is 0 Å². The molecule has 0 radical (unpaired) electrons. The number of hydrogen-bond acceptors (Lipinski definition) is 3. The van der Waals surface area contributed by atoms with Crippen LogP contribution < -0.4 is 5.32 Å². The van der Waals surface area contributed by atoms with E-state index in [-0.39, 0.29) is 0 Å². The fraction of sp³-hybridized carbons (Fsp3) is 0.353. The smallest absolute Gasteiger partial charge is 0.309 e. The van der Waals surface area contributed by atoms with Gasteiger partial charge in [-0.15, -0.1) is 11.3 Å². The average molecular weight is 303 g/mol. The van der Waals surface area contributed by atoms with Crippen LogP contribution in [0.5, 0.6) is 0 Å². The first-order valence-corrected chi connectivity index (χ1v) is 7.89. The summed E-state index contributed by atoms with van der Waals surface area (Å²) in [5.74, 6) is -0.744. The molecule has 0 amide bonds. The second-order valence-corrected chi connectivity index (χ2v) is 6.92. The first-order chi connectivity index (χ1) is 9.99. The second-order valence-electron chi connectivity index (χ2n) is 5.75. The quantitative estimate of drug-likeness (QED) is 0.760. The van der Waals surface area contributed by atoms with Crippen molar-refractivity contribution in [1.82, 2.24) is 5.32 Å². The van der Waals surface area contributed by atoms with Crippen LogP contribution in [-0.2, 0) is 11.3 Å². The SMILES string of the molecule is CC(C)(CCNCc1ccc(-c2ccccc2)s1)C(=O)O. The number of rotatable bonds is 7. The van der Waals surface area contributed by atoms with Crippen LogP contribution in [0.2, 0.25) is 0 Å². The Morgan fingerprint density at radius 3 is 2.57 bits per heavy atom. The minimum atomic E-state index is -0.744. The van der Waals surface area contributed by atoms with E-state index in [0.29, 0.717) is 13.0 Å². The Labute approximate surface area is 129 Å². The monoisotopic (exact) mass is 303 g/mol. The normalized spacial score (nSPS) is 11.5. The lowest BCUT2D eigenvalue weighted by atomic mass is 9.90. The van der Waals surface area contributed by atoms with Crippen molar-refractivity contribution in [1.29, 1.82) is 0 Å². The van der Waals surface area contributed by atoms with Gasteiger partial charge in [-0.05, 0) is 44.5 Å². The Balaban J connectivity index is 1.83. The van der Waals surface area contributed by atoms with Gasteiger partial charge in [0.05, 0.1) is 5.41 Å². The molecule has 0 saturated carbocycles. The highest BCUT2D eigenvalue weighted by molar-refractivity contribution is 7.15. The van der Waals surface area contributed by atoms with Crippen LogP contribution in [0.1, 0.15) is 25.1 Å². The van der Waals surface area contributed by atoms with E-state index in [4.69, 9.17) is 5.11 Å². The molecule has 2 rings (SSSR count). The summed E-state index contributed by atoms with van der Waals surface area (Å²) in [5.41, 5.74) is 0.568. The summed E-state index contributed by atoms with van der Waals surface area (Å²) in [6, 6.07) is 14.6. The van der Waals surface area contributed by atoms with E-state index >= 15 is 0 Å². The molecule has 0 atom stereocenters. The van der Waals surface area contributed by atoms with Crippen molar-refractivity contribution in [3.8, 4) is 10.4 Å². The fourth-order valence-corrected chi connectivity index (χ4v) is 2.93. The van der Waals surface area contributed by atoms with Crippen molar-refractivity contribution < 1.29 is 9.90 Å². The maximum atomic E-state index is 11.0. The Morgan fingerprint density at radius 2 is 1.90 bits per heavy atom. The van der Waals surface area contributed by atoms with Crippen molar-refractivity contribution >= 4 is 17.3 Å². The van der Waals surface area contributed by atoms with E-state index in [1.807, 2.05) is 18.2 Å². The third kappa shape index (κ3) is 4.41. The summed E-state index contributed by atoms with van der Waals surface area (Å²) in [6.07, 6.45) is 0.624. The van der Waals surface area contributed by atoms with E-state index in [2.05, 4.69) is 29.6 Å². The highest BCUT2D eigenvalue weighted by Crippen LogP contribution is 2.27. The van der Waals surface area contributed by atoms with Gasteiger partial charge in [0.25, 0.3) is 0 Å². The van der Waals surface area contributed by atoms with Crippen LogP contribution in [0, 0.1) is 5.41 Å². The lowest BCUT2D eigenvalue weighted by Gasteiger charge is -2.18. The summed E-state index contributed by atoms with van der Waals surface area (Å²) in [7, 11) is 0. The third-order valence-electron chi connectivity index (χ3n) is 3.52. The summed E-state index contributed by atoms with van der Waals surface area (Å²) in [5, 5.41) is 12.4. The summed E-state index contributed by atoms with van der Waals surface area (Å²) in [4.78, 5) is 13.5. The zero-order valence-corrected chi connectivity index (χ0v) is 13.2. The molecule has 2 N–H and O–H groups in total. The molecular formula is C17H21NO2S. The van der Waals surface area contributed by atoms with Gasteiger partial charge in [0.15, 0.2) is 0 Å². The van der Waals surface area contributed by atoms with Crippen molar-refractivity contribution in [2.24, 2.45) is 5.41 Å². The molecule has 3 nitrogen and oxygen atoms in total. The van der Waals surface area contributed by atoms with E-state index in [1.165, 1.54) is 15.3 Å². The van der Waals surface area contributed by atoms with Gasteiger partial charge in [-0.2, -0.15) is 0 Å². The summed E-state index contributed by atoms with van der Waals surface area (Å²) in [6.45, 7) is 5.01. The highest BCUT2D eigenvalue weighted by atomic mass is 32.1. The van der Waals surface area contributed by atoms with Crippen LogP contribution in [0.25, 0.3) is 10.4 Å². The molecular weight excluding hydrogens is 282 g/mol. The molecule has 0 fully saturated rings. The van der Waals surface area contributed by atoms with Crippen molar-refractivity contribution in [2.45, 2.75) is 26.8 Å². The van der Waals surface area contributed by atoms with Crippen LogP contribution in [-0.4, -0.2) is 17.6 Å². The third-order valence-corrected chi connectivity index (χ3v) is 4.66. The van der Waals surface area contributed by atoms with Gasteiger partial charge in [-0.3, -0.25) is 4.79 Å². The zero-order valence-electron chi connectivity index (χ0n) is 12.4. The van der Waals surface area contributed by atoms with Gasteiger partial charge in [0, 0.05) is 16.3 Å². The van der Waals surface area contributed by atoms with E-state index in [0.717, 1.165) is 6.54 Å². The zero-order chi connectivity index (χ0) is 15.3. The van der Waals surface area contributed by atoms with Crippen LogP contribution in [0.15, 0.2) is 42.5 Å². The highest BCUT2D eigenvalue weighted by Gasteiger charge is 2.26. The maximum Gasteiger partial charge on any atom is 0.309 e. The topological polar surface area (TPSA) is 49.3 Å². The molecule has 112 valence electrons. The van der Waals surface area contributed by atoms with E-state index in [1.54, 1.807) is 25.2 Å². The molecule has 21 heavy (non-hydrogen) atoms. The molecule has 0 aliphatic carbocycles.